The largest absolute Gasteiger partial charge is 0.384 e. The van der Waals surface area contributed by atoms with Crippen molar-refractivity contribution in [3.8, 4) is 0 Å². The summed E-state index contributed by atoms with van der Waals surface area (Å²) in [4.78, 5) is 0. The first kappa shape index (κ1) is 12.9. The van der Waals surface area contributed by atoms with Crippen LogP contribution in [0.25, 0.3) is 0 Å². The van der Waals surface area contributed by atoms with Gasteiger partial charge < -0.3 is 5.32 Å². The second-order valence-corrected chi connectivity index (χ2v) is 5.82. The van der Waals surface area contributed by atoms with E-state index < -0.39 is 0 Å². The highest BCUT2D eigenvalue weighted by atomic mass is 79.9. The number of hydrogen-bond acceptors (Lipinski definition) is 1. The number of rotatable bonds is 3. The van der Waals surface area contributed by atoms with Crippen molar-refractivity contribution in [2.75, 3.05) is 11.9 Å². The second kappa shape index (κ2) is 5.85. The third-order valence-corrected chi connectivity index (χ3v) is 4.18. The molecule has 0 heterocycles. The molecule has 1 aromatic rings. The van der Waals surface area contributed by atoms with Crippen LogP contribution in [-0.4, -0.2) is 6.54 Å². The lowest BCUT2D eigenvalue weighted by Crippen LogP contribution is -2.17. The minimum atomic E-state index is -0.193. The summed E-state index contributed by atoms with van der Waals surface area (Å²) in [6.07, 6.45) is 6.69. The minimum absolute atomic E-state index is 0.193. The van der Waals surface area contributed by atoms with Crippen molar-refractivity contribution < 1.29 is 4.39 Å². The fraction of sp³-hybridized carbons (Fsp3) is 0.571. The van der Waals surface area contributed by atoms with Gasteiger partial charge in [-0.3, -0.25) is 0 Å². The van der Waals surface area contributed by atoms with E-state index in [1.807, 2.05) is 13.0 Å². The van der Waals surface area contributed by atoms with Crippen molar-refractivity contribution in [1.82, 2.24) is 0 Å². The van der Waals surface area contributed by atoms with Crippen LogP contribution in [0.15, 0.2) is 16.6 Å². The summed E-state index contributed by atoms with van der Waals surface area (Å²) in [7, 11) is 0. The lowest BCUT2D eigenvalue weighted by molar-refractivity contribution is 0.373. The maximum atomic E-state index is 13.4. The molecule has 1 aliphatic rings. The molecule has 1 N–H and O–H groups in total. The molecule has 0 bridgehead atoms. The molecule has 0 spiro atoms. The molecule has 0 unspecified atom stereocenters. The van der Waals surface area contributed by atoms with Crippen LogP contribution in [0, 0.1) is 18.7 Å². The Bertz CT molecular complexity index is 386. The van der Waals surface area contributed by atoms with Gasteiger partial charge in [-0.2, -0.15) is 0 Å². The standard InChI is InChI=1S/C14H19BrFN/c1-10-7-12(15)13(16)8-14(10)17-9-11-5-3-2-4-6-11/h7-8,11,17H,2-6,9H2,1H3. The van der Waals surface area contributed by atoms with Gasteiger partial charge in [-0.1, -0.05) is 19.3 Å². The van der Waals surface area contributed by atoms with E-state index in [4.69, 9.17) is 0 Å². The van der Waals surface area contributed by atoms with Gasteiger partial charge in [-0.15, -0.1) is 0 Å². The number of anilines is 1. The molecule has 1 aliphatic carbocycles. The molecule has 0 aromatic heterocycles. The van der Waals surface area contributed by atoms with Crippen molar-refractivity contribution in [1.29, 1.82) is 0 Å². The Morgan fingerprint density at radius 2 is 2.00 bits per heavy atom. The lowest BCUT2D eigenvalue weighted by atomic mass is 9.89. The van der Waals surface area contributed by atoms with Gasteiger partial charge in [0.05, 0.1) is 4.47 Å². The Morgan fingerprint density at radius 1 is 1.29 bits per heavy atom. The van der Waals surface area contributed by atoms with Crippen molar-refractivity contribution in [3.63, 3.8) is 0 Å². The van der Waals surface area contributed by atoms with Crippen LogP contribution in [0.2, 0.25) is 0 Å². The van der Waals surface area contributed by atoms with E-state index in [-0.39, 0.29) is 5.82 Å². The second-order valence-electron chi connectivity index (χ2n) is 4.97. The fourth-order valence-corrected chi connectivity index (χ4v) is 2.94. The minimum Gasteiger partial charge on any atom is -0.384 e. The highest BCUT2D eigenvalue weighted by Gasteiger charge is 2.13. The van der Waals surface area contributed by atoms with Crippen LogP contribution in [0.4, 0.5) is 10.1 Å². The van der Waals surface area contributed by atoms with Crippen molar-refractivity contribution in [3.05, 3.63) is 28.0 Å². The normalized spacial score (nSPS) is 17.1. The molecule has 0 saturated heterocycles. The predicted molar refractivity (Wildman–Crippen MR) is 73.9 cm³/mol. The molecule has 1 fully saturated rings. The first-order valence-electron chi connectivity index (χ1n) is 6.36. The number of halogens is 2. The Hall–Kier alpha value is -0.570. The van der Waals surface area contributed by atoms with Crippen LogP contribution in [0.5, 0.6) is 0 Å². The van der Waals surface area contributed by atoms with Gasteiger partial charge in [-0.05, 0) is 59.3 Å². The molecule has 1 nitrogen and oxygen atoms in total. The van der Waals surface area contributed by atoms with Crippen molar-refractivity contribution in [2.24, 2.45) is 5.92 Å². The molecule has 94 valence electrons. The zero-order chi connectivity index (χ0) is 12.3. The molecule has 0 aliphatic heterocycles. The van der Waals surface area contributed by atoms with Crippen LogP contribution < -0.4 is 5.32 Å². The van der Waals surface area contributed by atoms with Crippen LogP contribution in [-0.2, 0) is 0 Å². The Kier molecular flexibility index (Phi) is 4.43. The van der Waals surface area contributed by atoms with E-state index in [9.17, 15) is 4.39 Å². The smallest absolute Gasteiger partial charge is 0.139 e. The Morgan fingerprint density at radius 3 is 2.71 bits per heavy atom. The van der Waals surface area contributed by atoms with Gasteiger partial charge in [0.15, 0.2) is 0 Å². The first-order valence-corrected chi connectivity index (χ1v) is 7.15. The molecule has 0 radical (unpaired) electrons. The summed E-state index contributed by atoms with van der Waals surface area (Å²) in [6.45, 7) is 2.98. The molecule has 1 saturated carbocycles. The third kappa shape index (κ3) is 3.44. The number of aryl methyl sites for hydroxylation is 1. The highest BCUT2D eigenvalue weighted by molar-refractivity contribution is 9.10. The first-order chi connectivity index (χ1) is 8.16. The maximum Gasteiger partial charge on any atom is 0.139 e. The average molecular weight is 300 g/mol. The van der Waals surface area contributed by atoms with E-state index in [2.05, 4.69) is 21.2 Å². The van der Waals surface area contributed by atoms with Gasteiger partial charge in [0.1, 0.15) is 5.82 Å². The zero-order valence-corrected chi connectivity index (χ0v) is 11.8. The van der Waals surface area contributed by atoms with Gasteiger partial charge in [-0.25, -0.2) is 4.39 Å². The molecule has 3 heteroatoms. The molecule has 17 heavy (non-hydrogen) atoms. The third-order valence-electron chi connectivity index (χ3n) is 3.57. The van der Waals surface area contributed by atoms with E-state index in [1.165, 1.54) is 32.1 Å². The number of nitrogens with one attached hydrogen (secondary N) is 1. The summed E-state index contributed by atoms with van der Waals surface area (Å²) >= 11 is 3.21. The number of benzene rings is 1. The summed E-state index contributed by atoms with van der Waals surface area (Å²) < 4.78 is 14.0. The summed E-state index contributed by atoms with van der Waals surface area (Å²) in [6, 6.07) is 3.42. The van der Waals surface area contributed by atoms with Gasteiger partial charge >= 0.3 is 0 Å². The molecule has 2 rings (SSSR count). The SMILES string of the molecule is Cc1cc(Br)c(F)cc1NCC1CCCCC1. The van der Waals surface area contributed by atoms with E-state index in [1.54, 1.807) is 6.07 Å². The molecule has 1 aromatic carbocycles. The molecule has 0 amide bonds. The van der Waals surface area contributed by atoms with Crippen molar-refractivity contribution >= 4 is 21.6 Å². The van der Waals surface area contributed by atoms with E-state index in [0.717, 1.165) is 23.7 Å². The topological polar surface area (TPSA) is 12.0 Å². The summed E-state index contributed by atoms with van der Waals surface area (Å²) in [5.74, 6) is 0.566. The van der Waals surface area contributed by atoms with Crippen molar-refractivity contribution in [2.45, 2.75) is 39.0 Å². The molecular formula is C14H19BrFN. The quantitative estimate of drug-likeness (QED) is 0.838. The van der Waals surface area contributed by atoms with Gasteiger partial charge in [0, 0.05) is 12.2 Å². The molecule has 0 atom stereocenters. The fourth-order valence-electron chi connectivity index (χ4n) is 2.48. The maximum absolute atomic E-state index is 13.4. The monoisotopic (exact) mass is 299 g/mol. The number of hydrogen-bond donors (Lipinski definition) is 1. The van der Waals surface area contributed by atoms with Crippen LogP contribution in [0.1, 0.15) is 37.7 Å². The van der Waals surface area contributed by atoms with E-state index in [0.29, 0.717) is 4.47 Å². The van der Waals surface area contributed by atoms with Crippen LogP contribution in [0.3, 0.4) is 0 Å². The Balaban J connectivity index is 1.96. The predicted octanol–water partition coefficient (Wildman–Crippen LogP) is 4.89. The highest BCUT2D eigenvalue weighted by Crippen LogP contribution is 2.27. The average Bonchev–Trinajstić information content (AvgIpc) is 2.33. The summed E-state index contributed by atoms with van der Waals surface area (Å²) in [5, 5.41) is 3.39. The Labute approximate surface area is 111 Å². The van der Waals surface area contributed by atoms with Gasteiger partial charge in [0.2, 0.25) is 0 Å². The van der Waals surface area contributed by atoms with E-state index >= 15 is 0 Å². The zero-order valence-electron chi connectivity index (χ0n) is 10.2. The lowest BCUT2D eigenvalue weighted by Gasteiger charge is -2.22. The van der Waals surface area contributed by atoms with Crippen LogP contribution >= 0.6 is 15.9 Å². The summed E-state index contributed by atoms with van der Waals surface area (Å²) in [5.41, 5.74) is 2.02. The molecular weight excluding hydrogens is 281 g/mol. The van der Waals surface area contributed by atoms with Gasteiger partial charge in [0.25, 0.3) is 0 Å².